The predicted molar refractivity (Wildman–Crippen MR) is 87.7 cm³/mol. The number of benzene rings is 1. The SMILES string of the molecule is O=C(NC1CC1)C1CN(c2nc3ccc(Cl)cc3s2)CCO1. The van der Waals surface area contributed by atoms with Crippen LogP contribution in [0.2, 0.25) is 5.02 Å². The maximum Gasteiger partial charge on any atom is 0.251 e. The molecule has 2 heterocycles. The number of amides is 1. The monoisotopic (exact) mass is 337 g/mol. The van der Waals surface area contributed by atoms with Crippen LogP contribution in [-0.4, -0.2) is 42.7 Å². The van der Waals surface area contributed by atoms with Crippen LogP contribution in [0, 0.1) is 0 Å². The van der Waals surface area contributed by atoms with Crippen molar-refractivity contribution in [3.8, 4) is 0 Å². The lowest BCUT2D eigenvalue weighted by Gasteiger charge is -2.31. The molecule has 1 aliphatic heterocycles. The van der Waals surface area contributed by atoms with Crippen molar-refractivity contribution >= 4 is 44.2 Å². The molecule has 1 aliphatic carbocycles. The molecule has 4 rings (SSSR count). The summed E-state index contributed by atoms with van der Waals surface area (Å²) in [7, 11) is 0. The molecular weight excluding hydrogens is 322 g/mol. The molecule has 7 heteroatoms. The Kier molecular flexibility index (Phi) is 3.68. The van der Waals surface area contributed by atoms with Crippen molar-refractivity contribution in [1.29, 1.82) is 0 Å². The van der Waals surface area contributed by atoms with Gasteiger partial charge in [-0.15, -0.1) is 0 Å². The van der Waals surface area contributed by atoms with E-state index in [1.807, 2.05) is 18.2 Å². The van der Waals surface area contributed by atoms with Crippen LogP contribution < -0.4 is 10.2 Å². The fourth-order valence-electron chi connectivity index (χ4n) is 2.53. The second-order valence-corrected chi connectivity index (χ2v) is 7.14. The first-order valence-electron chi connectivity index (χ1n) is 7.42. The highest BCUT2D eigenvalue weighted by molar-refractivity contribution is 7.22. The van der Waals surface area contributed by atoms with Gasteiger partial charge in [-0.25, -0.2) is 4.98 Å². The van der Waals surface area contributed by atoms with Crippen molar-refractivity contribution in [3.05, 3.63) is 23.2 Å². The molecule has 0 bridgehead atoms. The van der Waals surface area contributed by atoms with E-state index in [-0.39, 0.29) is 5.91 Å². The molecule has 2 fully saturated rings. The highest BCUT2D eigenvalue weighted by Crippen LogP contribution is 2.31. The van der Waals surface area contributed by atoms with E-state index in [1.165, 1.54) is 0 Å². The van der Waals surface area contributed by atoms with Gasteiger partial charge in [0.1, 0.15) is 0 Å². The van der Waals surface area contributed by atoms with Gasteiger partial charge >= 0.3 is 0 Å². The molecule has 1 aromatic heterocycles. The third kappa shape index (κ3) is 2.91. The van der Waals surface area contributed by atoms with Gasteiger partial charge in [-0.3, -0.25) is 4.79 Å². The molecule has 116 valence electrons. The summed E-state index contributed by atoms with van der Waals surface area (Å²) < 4.78 is 6.68. The van der Waals surface area contributed by atoms with E-state index in [4.69, 9.17) is 16.3 Å². The Morgan fingerprint density at radius 1 is 1.45 bits per heavy atom. The zero-order chi connectivity index (χ0) is 15.1. The number of nitrogens with zero attached hydrogens (tertiary/aromatic N) is 2. The van der Waals surface area contributed by atoms with Crippen LogP contribution in [0.4, 0.5) is 5.13 Å². The average molecular weight is 338 g/mol. The molecule has 22 heavy (non-hydrogen) atoms. The number of carbonyl (C=O) groups excluding carboxylic acids is 1. The highest BCUT2D eigenvalue weighted by Gasteiger charge is 2.32. The Balaban J connectivity index is 1.51. The van der Waals surface area contributed by atoms with E-state index in [0.717, 1.165) is 34.7 Å². The van der Waals surface area contributed by atoms with Crippen molar-refractivity contribution in [1.82, 2.24) is 10.3 Å². The number of hydrogen-bond donors (Lipinski definition) is 1. The molecule has 1 atom stereocenters. The Hall–Kier alpha value is -1.37. The Bertz CT molecular complexity index is 716. The number of rotatable bonds is 3. The summed E-state index contributed by atoms with van der Waals surface area (Å²) in [6.07, 6.45) is 1.76. The second kappa shape index (κ2) is 5.68. The number of hydrogen-bond acceptors (Lipinski definition) is 5. The molecule has 1 unspecified atom stereocenters. The number of morpholine rings is 1. The summed E-state index contributed by atoms with van der Waals surface area (Å²) >= 11 is 7.63. The summed E-state index contributed by atoms with van der Waals surface area (Å²) in [6, 6.07) is 6.06. The van der Waals surface area contributed by atoms with Crippen LogP contribution >= 0.6 is 22.9 Å². The van der Waals surface area contributed by atoms with Gasteiger partial charge < -0.3 is 15.0 Å². The van der Waals surface area contributed by atoms with E-state index in [1.54, 1.807) is 11.3 Å². The number of fused-ring (bicyclic) bond motifs is 1. The average Bonchev–Trinajstić information content (AvgIpc) is 3.23. The minimum atomic E-state index is -0.412. The van der Waals surface area contributed by atoms with Gasteiger partial charge in [0.2, 0.25) is 0 Å². The van der Waals surface area contributed by atoms with E-state index >= 15 is 0 Å². The first-order chi connectivity index (χ1) is 10.7. The van der Waals surface area contributed by atoms with Gasteiger partial charge in [0.25, 0.3) is 5.91 Å². The predicted octanol–water partition coefficient (Wildman–Crippen LogP) is 2.43. The molecule has 2 aliphatic rings. The number of thiazole rings is 1. The fraction of sp³-hybridized carbons (Fsp3) is 0.467. The maximum atomic E-state index is 12.1. The largest absolute Gasteiger partial charge is 0.365 e. The quantitative estimate of drug-likeness (QED) is 0.934. The van der Waals surface area contributed by atoms with E-state index < -0.39 is 6.10 Å². The van der Waals surface area contributed by atoms with Crippen LogP contribution in [0.1, 0.15) is 12.8 Å². The molecule has 2 aromatic rings. The molecule has 1 aromatic carbocycles. The lowest BCUT2D eigenvalue weighted by molar-refractivity contribution is -0.133. The Labute approximate surface area is 137 Å². The molecule has 1 amide bonds. The van der Waals surface area contributed by atoms with Crippen molar-refractivity contribution in [2.24, 2.45) is 0 Å². The van der Waals surface area contributed by atoms with Gasteiger partial charge in [-0.05, 0) is 31.0 Å². The fourth-order valence-corrected chi connectivity index (χ4v) is 3.80. The number of nitrogens with one attached hydrogen (secondary N) is 1. The minimum Gasteiger partial charge on any atom is -0.365 e. The Morgan fingerprint density at radius 2 is 2.32 bits per heavy atom. The summed E-state index contributed by atoms with van der Waals surface area (Å²) in [6.45, 7) is 1.84. The number of carbonyl (C=O) groups is 1. The summed E-state index contributed by atoms with van der Waals surface area (Å²) in [5.41, 5.74) is 0.940. The van der Waals surface area contributed by atoms with Crippen LogP contribution in [0.25, 0.3) is 10.2 Å². The number of halogens is 1. The van der Waals surface area contributed by atoms with Crippen molar-refractivity contribution in [2.75, 3.05) is 24.6 Å². The highest BCUT2D eigenvalue weighted by atomic mass is 35.5. The topological polar surface area (TPSA) is 54.5 Å². The van der Waals surface area contributed by atoms with E-state index in [2.05, 4.69) is 15.2 Å². The van der Waals surface area contributed by atoms with E-state index in [9.17, 15) is 4.79 Å². The lowest BCUT2D eigenvalue weighted by Crippen LogP contribution is -2.50. The summed E-state index contributed by atoms with van der Waals surface area (Å²) in [4.78, 5) is 18.9. The molecule has 0 spiro atoms. The van der Waals surface area contributed by atoms with Gasteiger partial charge in [-0.1, -0.05) is 22.9 Å². The first-order valence-corrected chi connectivity index (χ1v) is 8.61. The van der Waals surface area contributed by atoms with Crippen molar-refractivity contribution < 1.29 is 9.53 Å². The van der Waals surface area contributed by atoms with Crippen molar-refractivity contribution in [3.63, 3.8) is 0 Å². The zero-order valence-corrected chi connectivity index (χ0v) is 13.5. The molecular formula is C15H16ClN3O2S. The number of aromatic nitrogens is 1. The van der Waals surface area contributed by atoms with Crippen LogP contribution in [-0.2, 0) is 9.53 Å². The molecule has 1 saturated heterocycles. The third-order valence-corrected chi connectivity index (χ3v) is 5.21. The standard InChI is InChI=1S/C15H16ClN3O2S/c16-9-1-4-11-13(7-9)22-15(18-11)19-5-6-21-12(8-19)14(20)17-10-2-3-10/h1,4,7,10,12H,2-3,5-6,8H2,(H,17,20). The number of ether oxygens (including phenoxy) is 1. The van der Waals surface area contributed by atoms with Gasteiger partial charge in [0.15, 0.2) is 11.2 Å². The smallest absolute Gasteiger partial charge is 0.251 e. The normalized spacial score (nSPS) is 22.0. The van der Waals surface area contributed by atoms with Gasteiger partial charge in [-0.2, -0.15) is 0 Å². The molecule has 1 N–H and O–H groups in total. The number of anilines is 1. The minimum absolute atomic E-state index is 0.00337. The van der Waals surface area contributed by atoms with Crippen LogP contribution in [0.5, 0.6) is 0 Å². The van der Waals surface area contributed by atoms with Crippen molar-refractivity contribution in [2.45, 2.75) is 25.0 Å². The van der Waals surface area contributed by atoms with Crippen LogP contribution in [0.15, 0.2) is 18.2 Å². The molecule has 0 radical (unpaired) electrons. The molecule has 5 nitrogen and oxygen atoms in total. The summed E-state index contributed by atoms with van der Waals surface area (Å²) in [5.74, 6) is -0.00337. The zero-order valence-electron chi connectivity index (χ0n) is 11.9. The summed E-state index contributed by atoms with van der Waals surface area (Å²) in [5, 5.41) is 4.64. The van der Waals surface area contributed by atoms with Crippen LogP contribution in [0.3, 0.4) is 0 Å². The first kappa shape index (κ1) is 14.2. The van der Waals surface area contributed by atoms with Gasteiger partial charge in [0, 0.05) is 17.6 Å². The second-order valence-electron chi connectivity index (χ2n) is 5.70. The lowest BCUT2D eigenvalue weighted by atomic mass is 10.2. The Morgan fingerprint density at radius 3 is 3.14 bits per heavy atom. The maximum absolute atomic E-state index is 12.1. The third-order valence-electron chi connectivity index (χ3n) is 3.89. The molecule has 1 saturated carbocycles. The van der Waals surface area contributed by atoms with E-state index in [0.29, 0.717) is 24.2 Å². The van der Waals surface area contributed by atoms with Gasteiger partial charge in [0.05, 0.1) is 23.4 Å².